The summed E-state index contributed by atoms with van der Waals surface area (Å²) in [5, 5.41) is 3.17. The van der Waals surface area contributed by atoms with Crippen molar-refractivity contribution in [1.82, 2.24) is 4.98 Å². The first kappa shape index (κ1) is 13.4. The van der Waals surface area contributed by atoms with Gasteiger partial charge < -0.3 is 10.1 Å². The van der Waals surface area contributed by atoms with E-state index in [2.05, 4.69) is 43.2 Å². The molecule has 1 aromatic carbocycles. The van der Waals surface area contributed by atoms with Gasteiger partial charge in [0.2, 0.25) is 0 Å². The molecule has 3 heteroatoms. The topological polar surface area (TPSA) is 34.1 Å². The first-order valence-electron chi connectivity index (χ1n) is 6.58. The van der Waals surface area contributed by atoms with E-state index < -0.39 is 0 Å². The van der Waals surface area contributed by atoms with Gasteiger partial charge in [0.15, 0.2) is 0 Å². The van der Waals surface area contributed by atoms with Gasteiger partial charge in [0.25, 0.3) is 0 Å². The maximum absolute atomic E-state index is 5.89. The second-order valence-corrected chi connectivity index (χ2v) is 4.59. The Morgan fingerprint density at radius 1 is 1.11 bits per heavy atom. The van der Waals surface area contributed by atoms with E-state index in [1.54, 1.807) is 0 Å². The third-order valence-corrected chi connectivity index (χ3v) is 2.97. The molecule has 0 fully saturated rings. The third-order valence-electron chi connectivity index (χ3n) is 2.97. The lowest BCUT2D eigenvalue weighted by Gasteiger charge is -2.12. The van der Waals surface area contributed by atoms with Crippen LogP contribution in [0.25, 0.3) is 0 Å². The van der Waals surface area contributed by atoms with Crippen LogP contribution in [-0.2, 0) is 6.61 Å². The Bertz CT molecular complexity index is 515. The van der Waals surface area contributed by atoms with Crippen LogP contribution in [0, 0.1) is 13.8 Å². The molecule has 0 saturated carbocycles. The van der Waals surface area contributed by atoms with Crippen molar-refractivity contribution < 1.29 is 4.74 Å². The van der Waals surface area contributed by atoms with Crippen LogP contribution in [0.4, 0.5) is 5.82 Å². The number of aryl methyl sites for hydroxylation is 2. The van der Waals surface area contributed by atoms with Gasteiger partial charge in [-0.1, -0.05) is 24.3 Å². The Morgan fingerprint density at radius 3 is 2.42 bits per heavy atom. The molecule has 3 nitrogen and oxygen atoms in total. The van der Waals surface area contributed by atoms with E-state index in [1.165, 1.54) is 0 Å². The summed E-state index contributed by atoms with van der Waals surface area (Å²) in [5.41, 5.74) is 3.40. The molecule has 0 aliphatic rings. The number of aromatic nitrogens is 1. The zero-order valence-electron chi connectivity index (χ0n) is 11.7. The molecule has 0 bridgehead atoms. The van der Waals surface area contributed by atoms with Crippen molar-refractivity contribution in [3.63, 3.8) is 0 Å². The number of nitrogens with zero attached hydrogens (tertiary/aromatic N) is 1. The Morgan fingerprint density at radius 2 is 1.84 bits per heavy atom. The largest absolute Gasteiger partial charge is 0.488 e. The van der Waals surface area contributed by atoms with Gasteiger partial charge in [-0.15, -0.1) is 0 Å². The number of ether oxygens (including phenoxy) is 1. The molecule has 1 aromatic heterocycles. The Kier molecular flexibility index (Phi) is 4.39. The van der Waals surface area contributed by atoms with E-state index in [9.17, 15) is 0 Å². The van der Waals surface area contributed by atoms with Gasteiger partial charge >= 0.3 is 0 Å². The predicted octanol–water partition coefficient (Wildman–Crippen LogP) is 3.71. The second kappa shape index (κ2) is 6.23. The number of hydrogen-bond acceptors (Lipinski definition) is 3. The lowest BCUT2D eigenvalue weighted by Crippen LogP contribution is -2.02. The molecule has 1 N–H and O–H groups in total. The minimum absolute atomic E-state index is 0.547. The minimum atomic E-state index is 0.547. The van der Waals surface area contributed by atoms with Crippen molar-refractivity contribution in [2.75, 3.05) is 11.9 Å². The predicted molar refractivity (Wildman–Crippen MR) is 78.6 cm³/mol. The summed E-state index contributed by atoms with van der Waals surface area (Å²) in [5.74, 6) is 1.87. The number of hydrogen-bond donors (Lipinski definition) is 1. The highest BCUT2D eigenvalue weighted by Crippen LogP contribution is 2.23. The molecule has 100 valence electrons. The Hall–Kier alpha value is -2.03. The van der Waals surface area contributed by atoms with E-state index in [1.807, 2.05) is 24.4 Å². The average Bonchev–Trinajstić information content (AvgIpc) is 2.40. The highest BCUT2D eigenvalue weighted by Gasteiger charge is 2.03. The fourth-order valence-electron chi connectivity index (χ4n) is 1.98. The maximum atomic E-state index is 5.89. The smallest absolute Gasteiger partial charge is 0.125 e. The van der Waals surface area contributed by atoms with Crippen LogP contribution in [0.1, 0.15) is 23.6 Å². The molecule has 2 rings (SSSR count). The first-order chi connectivity index (χ1) is 9.20. The van der Waals surface area contributed by atoms with Crippen molar-refractivity contribution in [3.05, 3.63) is 53.2 Å². The van der Waals surface area contributed by atoms with Crippen LogP contribution in [0.15, 0.2) is 36.5 Å². The van der Waals surface area contributed by atoms with Crippen LogP contribution < -0.4 is 10.1 Å². The van der Waals surface area contributed by atoms with Crippen LogP contribution in [0.2, 0.25) is 0 Å². The fraction of sp³-hybridized carbons (Fsp3) is 0.312. The van der Waals surface area contributed by atoms with Crippen LogP contribution >= 0.6 is 0 Å². The molecular weight excluding hydrogens is 236 g/mol. The highest BCUT2D eigenvalue weighted by molar-refractivity contribution is 5.40. The quantitative estimate of drug-likeness (QED) is 0.885. The maximum Gasteiger partial charge on any atom is 0.125 e. The summed E-state index contributed by atoms with van der Waals surface area (Å²) in [7, 11) is 0. The zero-order valence-corrected chi connectivity index (χ0v) is 11.7. The molecule has 0 saturated heterocycles. The van der Waals surface area contributed by atoms with E-state index in [-0.39, 0.29) is 0 Å². The molecule has 0 spiro atoms. The van der Waals surface area contributed by atoms with Gasteiger partial charge in [0, 0.05) is 18.3 Å². The van der Waals surface area contributed by atoms with Gasteiger partial charge in [0.1, 0.15) is 18.2 Å². The number of benzene rings is 1. The average molecular weight is 256 g/mol. The van der Waals surface area contributed by atoms with Crippen LogP contribution in [-0.4, -0.2) is 11.5 Å². The van der Waals surface area contributed by atoms with E-state index >= 15 is 0 Å². The summed E-state index contributed by atoms with van der Waals surface area (Å²) in [4.78, 5) is 4.33. The molecule has 0 amide bonds. The molecule has 0 unspecified atom stereocenters. The molecule has 1 heterocycles. The molecule has 0 aliphatic carbocycles. The molecule has 2 aromatic rings. The molecule has 0 radical (unpaired) electrons. The molecule has 0 aliphatic heterocycles. The Balaban J connectivity index is 2.02. The summed E-state index contributed by atoms with van der Waals surface area (Å²) < 4.78 is 5.89. The SMILES string of the molecule is CCNc1ccc(COc2c(C)cccc2C)cn1. The molecular formula is C16H20N2O. The van der Waals surface area contributed by atoms with Gasteiger partial charge in [0.05, 0.1) is 0 Å². The van der Waals surface area contributed by atoms with Crippen molar-refractivity contribution >= 4 is 5.82 Å². The van der Waals surface area contributed by atoms with Gasteiger partial charge in [-0.2, -0.15) is 0 Å². The summed E-state index contributed by atoms with van der Waals surface area (Å²) in [6, 6.07) is 10.2. The lowest BCUT2D eigenvalue weighted by atomic mass is 10.1. The van der Waals surface area contributed by atoms with Crippen LogP contribution in [0.5, 0.6) is 5.75 Å². The lowest BCUT2D eigenvalue weighted by molar-refractivity contribution is 0.301. The normalized spacial score (nSPS) is 10.3. The summed E-state index contributed by atoms with van der Waals surface area (Å²) in [6.45, 7) is 7.61. The number of rotatable bonds is 5. The number of pyridine rings is 1. The fourth-order valence-corrected chi connectivity index (χ4v) is 1.98. The standard InChI is InChI=1S/C16H20N2O/c1-4-17-15-9-8-14(10-18-15)11-19-16-12(2)6-5-7-13(16)3/h5-10H,4,11H2,1-3H3,(H,17,18). The zero-order chi connectivity index (χ0) is 13.7. The van der Waals surface area contributed by atoms with Crippen molar-refractivity contribution in [3.8, 4) is 5.75 Å². The van der Waals surface area contributed by atoms with Crippen molar-refractivity contribution in [2.24, 2.45) is 0 Å². The van der Waals surface area contributed by atoms with Crippen LogP contribution in [0.3, 0.4) is 0 Å². The summed E-state index contributed by atoms with van der Waals surface area (Å²) >= 11 is 0. The number of para-hydroxylation sites is 1. The number of anilines is 1. The highest BCUT2D eigenvalue weighted by atomic mass is 16.5. The van der Waals surface area contributed by atoms with E-state index in [0.29, 0.717) is 6.61 Å². The van der Waals surface area contributed by atoms with E-state index in [4.69, 9.17) is 4.74 Å². The van der Waals surface area contributed by atoms with Gasteiger partial charge in [-0.25, -0.2) is 4.98 Å². The Labute approximate surface area is 114 Å². The van der Waals surface area contributed by atoms with Crippen molar-refractivity contribution in [2.45, 2.75) is 27.4 Å². The number of nitrogens with one attached hydrogen (secondary N) is 1. The third kappa shape index (κ3) is 3.47. The second-order valence-electron chi connectivity index (χ2n) is 4.59. The minimum Gasteiger partial charge on any atom is -0.488 e. The molecule has 19 heavy (non-hydrogen) atoms. The monoisotopic (exact) mass is 256 g/mol. The van der Waals surface area contributed by atoms with Crippen molar-refractivity contribution in [1.29, 1.82) is 0 Å². The van der Waals surface area contributed by atoms with E-state index in [0.717, 1.165) is 34.8 Å². The molecule has 0 atom stereocenters. The van der Waals surface area contributed by atoms with Gasteiger partial charge in [-0.05, 0) is 38.0 Å². The summed E-state index contributed by atoms with van der Waals surface area (Å²) in [6.07, 6.45) is 1.85. The van der Waals surface area contributed by atoms with Gasteiger partial charge in [-0.3, -0.25) is 0 Å². The first-order valence-corrected chi connectivity index (χ1v) is 6.58.